The Kier molecular flexibility index (Phi) is 7.50. The number of pyridine rings is 1. The fourth-order valence-corrected chi connectivity index (χ4v) is 4.71. The standard InChI is InChI=1S/C23H32N2O4S/c1-17-13-18(2)23(26)25(15-17)21(14-24-30(3,27)28)16-29-22-11-9-20(10-12-22)19-7-5-4-6-8-19/h4-8,13,15,20-22,24H,9-12,14,16H2,1-3H3/t20-,21?,22+. The summed E-state index contributed by atoms with van der Waals surface area (Å²) >= 11 is 0. The van der Waals surface area contributed by atoms with Gasteiger partial charge in [-0.15, -0.1) is 0 Å². The van der Waals surface area contributed by atoms with E-state index in [1.54, 1.807) is 17.7 Å². The maximum atomic E-state index is 12.7. The highest BCUT2D eigenvalue weighted by Gasteiger charge is 2.24. The molecule has 0 aliphatic heterocycles. The predicted octanol–water partition coefficient (Wildman–Crippen LogP) is 3.30. The van der Waals surface area contributed by atoms with Crippen LogP contribution in [-0.4, -0.2) is 38.5 Å². The van der Waals surface area contributed by atoms with Crippen LogP contribution in [-0.2, 0) is 14.8 Å². The third-order valence-corrected chi connectivity index (χ3v) is 6.49. The summed E-state index contributed by atoms with van der Waals surface area (Å²) in [5, 5.41) is 0. The second-order valence-electron chi connectivity index (χ2n) is 8.40. The first-order chi connectivity index (χ1) is 14.2. The van der Waals surface area contributed by atoms with Crippen molar-refractivity contribution in [1.29, 1.82) is 0 Å². The Hall–Kier alpha value is -1.96. The number of aryl methyl sites for hydroxylation is 2. The summed E-state index contributed by atoms with van der Waals surface area (Å²) in [7, 11) is -3.36. The molecule has 0 radical (unpaired) electrons. The number of sulfonamides is 1. The lowest BCUT2D eigenvalue weighted by atomic mass is 9.83. The van der Waals surface area contributed by atoms with E-state index in [4.69, 9.17) is 4.74 Å². The summed E-state index contributed by atoms with van der Waals surface area (Å²) in [6.07, 6.45) is 7.11. The highest BCUT2D eigenvalue weighted by atomic mass is 32.2. The van der Waals surface area contributed by atoms with Gasteiger partial charge in [0.1, 0.15) is 0 Å². The van der Waals surface area contributed by atoms with Crippen molar-refractivity contribution < 1.29 is 13.2 Å². The molecule has 1 aromatic heterocycles. The Morgan fingerprint density at radius 1 is 1.13 bits per heavy atom. The zero-order chi connectivity index (χ0) is 21.7. The minimum Gasteiger partial charge on any atom is -0.376 e. The fourth-order valence-electron chi connectivity index (χ4n) is 4.21. The van der Waals surface area contributed by atoms with Crippen molar-refractivity contribution in [2.24, 2.45) is 0 Å². The van der Waals surface area contributed by atoms with E-state index < -0.39 is 16.1 Å². The molecule has 6 nitrogen and oxygen atoms in total. The van der Waals surface area contributed by atoms with Gasteiger partial charge in [0.05, 0.1) is 25.0 Å². The average molecular weight is 433 g/mol. The summed E-state index contributed by atoms with van der Waals surface area (Å²) in [6.45, 7) is 4.13. The van der Waals surface area contributed by atoms with E-state index in [1.807, 2.05) is 19.1 Å². The van der Waals surface area contributed by atoms with Crippen LogP contribution in [0.2, 0.25) is 0 Å². The maximum absolute atomic E-state index is 12.7. The van der Waals surface area contributed by atoms with Crippen LogP contribution in [0.15, 0.2) is 47.4 Å². The molecule has 164 valence electrons. The number of aromatic nitrogens is 1. The van der Waals surface area contributed by atoms with Crippen molar-refractivity contribution in [3.8, 4) is 0 Å². The van der Waals surface area contributed by atoms with Gasteiger partial charge in [0.25, 0.3) is 5.56 Å². The van der Waals surface area contributed by atoms with Crippen molar-refractivity contribution in [2.45, 2.75) is 57.6 Å². The molecule has 3 rings (SSSR count). The Morgan fingerprint density at radius 2 is 1.80 bits per heavy atom. The monoisotopic (exact) mass is 432 g/mol. The van der Waals surface area contributed by atoms with Gasteiger partial charge in [-0.3, -0.25) is 4.79 Å². The Bertz CT molecular complexity index is 994. The fraction of sp³-hybridized carbons (Fsp3) is 0.522. The number of nitrogens with zero attached hydrogens (tertiary/aromatic N) is 1. The van der Waals surface area contributed by atoms with Crippen molar-refractivity contribution in [3.05, 3.63) is 69.6 Å². The molecule has 1 aliphatic carbocycles. The van der Waals surface area contributed by atoms with Crippen molar-refractivity contribution in [3.63, 3.8) is 0 Å². The van der Waals surface area contributed by atoms with Gasteiger partial charge >= 0.3 is 0 Å². The first-order valence-corrected chi connectivity index (χ1v) is 12.4. The molecule has 1 aliphatic rings. The zero-order valence-electron chi connectivity index (χ0n) is 18.0. The lowest BCUT2D eigenvalue weighted by Gasteiger charge is -2.30. The SMILES string of the molecule is Cc1cc(C)c(=O)n(C(CNS(C)(=O)=O)CO[C@H]2CC[C@@H](c3ccccc3)CC2)c1. The van der Waals surface area contributed by atoms with E-state index in [1.165, 1.54) is 5.56 Å². The maximum Gasteiger partial charge on any atom is 0.253 e. The van der Waals surface area contributed by atoms with Gasteiger partial charge in [-0.1, -0.05) is 30.3 Å². The number of hydrogen-bond donors (Lipinski definition) is 1. The summed E-state index contributed by atoms with van der Waals surface area (Å²) < 4.78 is 33.6. The molecular weight excluding hydrogens is 400 g/mol. The van der Waals surface area contributed by atoms with Crippen LogP contribution in [0, 0.1) is 13.8 Å². The number of rotatable bonds is 8. The van der Waals surface area contributed by atoms with Gasteiger partial charge in [0.15, 0.2) is 0 Å². The van der Waals surface area contributed by atoms with Gasteiger partial charge in [-0.2, -0.15) is 0 Å². The molecule has 0 amide bonds. The Morgan fingerprint density at radius 3 is 2.43 bits per heavy atom. The second-order valence-corrected chi connectivity index (χ2v) is 10.2. The van der Waals surface area contributed by atoms with Gasteiger partial charge in [-0.05, 0) is 62.6 Å². The number of benzene rings is 1. The summed E-state index contributed by atoms with van der Waals surface area (Å²) in [5.41, 5.74) is 2.87. The molecule has 1 atom stereocenters. The minimum atomic E-state index is -3.36. The van der Waals surface area contributed by atoms with E-state index in [-0.39, 0.29) is 18.2 Å². The molecule has 1 fully saturated rings. The van der Waals surface area contributed by atoms with Crippen LogP contribution < -0.4 is 10.3 Å². The van der Waals surface area contributed by atoms with Crippen molar-refractivity contribution in [2.75, 3.05) is 19.4 Å². The molecule has 0 bridgehead atoms. The van der Waals surface area contributed by atoms with E-state index in [0.29, 0.717) is 18.1 Å². The van der Waals surface area contributed by atoms with Crippen LogP contribution in [0.5, 0.6) is 0 Å². The van der Waals surface area contributed by atoms with Crippen LogP contribution in [0.25, 0.3) is 0 Å². The predicted molar refractivity (Wildman–Crippen MR) is 119 cm³/mol. The molecule has 1 N–H and O–H groups in total. The third kappa shape index (κ3) is 6.27. The van der Waals surface area contributed by atoms with Gasteiger partial charge in [-0.25, -0.2) is 13.1 Å². The molecule has 1 unspecified atom stereocenters. The van der Waals surface area contributed by atoms with Crippen LogP contribution in [0.1, 0.15) is 54.3 Å². The molecule has 2 aromatic rings. The third-order valence-electron chi connectivity index (χ3n) is 5.80. The Labute approximate surface area is 179 Å². The molecule has 1 aromatic carbocycles. The van der Waals surface area contributed by atoms with Crippen LogP contribution in [0.3, 0.4) is 0 Å². The topological polar surface area (TPSA) is 77.4 Å². The van der Waals surface area contributed by atoms with Gasteiger partial charge in [0, 0.05) is 18.3 Å². The van der Waals surface area contributed by atoms with E-state index in [2.05, 4.69) is 29.0 Å². The van der Waals surface area contributed by atoms with Crippen molar-refractivity contribution >= 4 is 10.0 Å². The van der Waals surface area contributed by atoms with E-state index >= 15 is 0 Å². The number of ether oxygens (including phenoxy) is 1. The molecule has 1 heterocycles. The van der Waals surface area contributed by atoms with E-state index in [9.17, 15) is 13.2 Å². The molecule has 1 saturated carbocycles. The average Bonchev–Trinajstić information content (AvgIpc) is 2.71. The lowest BCUT2D eigenvalue weighted by Crippen LogP contribution is -2.38. The molecule has 0 spiro atoms. The van der Waals surface area contributed by atoms with Crippen LogP contribution >= 0.6 is 0 Å². The highest BCUT2D eigenvalue weighted by molar-refractivity contribution is 7.88. The summed E-state index contributed by atoms with van der Waals surface area (Å²) in [5.74, 6) is 0.566. The normalized spacial score (nSPS) is 20.8. The second kappa shape index (κ2) is 9.90. The quantitative estimate of drug-likeness (QED) is 0.694. The summed E-state index contributed by atoms with van der Waals surface area (Å²) in [6, 6.07) is 12.0. The van der Waals surface area contributed by atoms with Gasteiger partial charge < -0.3 is 9.30 Å². The molecule has 30 heavy (non-hydrogen) atoms. The van der Waals surface area contributed by atoms with E-state index in [0.717, 1.165) is 37.5 Å². The molecule has 0 saturated heterocycles. The lowest BCUT2D eigenvalue weighted by molar-refractivity contribution is 0.00732. The summed E-state index contributed by atoms with van der Waals surface area (Å²) in [4.78, 5) is 12.7. The number of nitrogens with one attached hydrogen (secondary N) is 1. The minimum absolute atomic E-state index is 0.114. The van der Waals surface area contributed by atoms with Crippen LogP contribution in [0.4, 0.5) is 0 Å². The first kappa shape index (κ1) is 22.7. The van der Waals surface area contributed by atoms with Crippen molar-refractivity contribution in [1.82, 2.24) is 9.29 Å². The highest BCUT2D eigenvalue weighted by Crippen LogP contribution is 2.34. The number of hydrogen-bond acceptors (Lipinski definition) is 4. The molecular formula is C23H32N2O4S. The Balaban J connectivity index is 1.65. The first-order valence-electron chi connectivity index (χ1n) is 10.5. The van der Waals surface area contributed by atoms with Gasteiger partial charge in [0.2, 0.25) is 10.0 Å². The smallest absolute Gasteiger partial charge is 0.253 e. The largest absolute Gasteiger partial charge is 0.376 e. The zero-order valence-corrected chi connectivity index (χ0v) is 18.8. The molecule has 7 heteroatoms.